The first-order chi connectivity index (χ1) is 6.81. The largest absolute Gasteiger partial charge is 0.497 e. The number of H-pyrrole nitrogens is 1. The number of nitrogens with one attached hydrogen (secondary N) is 1. The van der Waals surface area contributed by atoms with Gasteiger partial charge in [-0.05, 0) is 28.1 Å². The molecule has 0 saturated carbocycles. The second-order valence-electron chi connectivity index (χ2n) is 2.81. The maximum absolute atomic E-state index is 5.14. The van der Waals surface area contributed by atoms with Crippen molar-refractivity contribution in [2.24, 2.45) is 0 Å². The molecule has 1 aromatic carbocycles. The fourth-order valence-corrected chi connectivity index (χ4v) is 1.67. The van der Waals surface area contributed by atoms with Crippen molar-refractivity contribution in [2.75, 3.05) is 7.11 Å². The summed E-state index contributed by atoms with van der Waals surface area (Å²) in [5.41, 5.74) is 1.92. The Hall–Kier alpha value is -1.29. The number of ether oxygens (including phenoxy) is 1. The summed E-state index contributed by atoms with van der Waals surface area (Å²) in [6.45, 7) is 0. The van der Waals surface area contributed by atoms with Crippen LogP contribution >= 0.6 is 15.9 Å². The number of aromatic nitrogens is 2. The van der Waals surface area contributed by atoms with Gasteiger partial charge in [0.05, 0.1) is 11.6 Å². The van der Waals surface area contributed by atoms with Crippen molar-refractivity contribution in [2.45, 2.75) is 0 Å². The summed E-state index contributed by atoms with van der Waals surface area (Å²) in [6, 6.07) is 7.78. The normalized spacial score (nSPS) is 10.1. The number of hydrogen-bond donors (Lipinski definition) is 1. The molecule has 0 aliphatic carbocycles. The molecule has 2 rings (SSSR count). The average Bonchev–Trinajstić information content (AvgIpc) is 2.65. The van der Waals surface area contributed by atoms with E-state index in [1.165, 1.54) is 0 Å². The Bertz CT molecular complexity index is 439. The molecule has 0 aliphatic heterocycles. The molecule has 0 amide bonds. The minimum absolute atomic E-state index is 0.831. The number of nitrogens with zero attached hydrogens (tertiary/aromatic N) is 1. The molecule has 0 spiro atoms. The van der Waals surface area contributed by atoms with Crippen LogP contribution < -0.4 is 4.74 Å². The van der Waals surface area contributed by atoms with Crippen LogP contribution in [0, 0.1) is 0 Å². The summed E-state index contributed by atoms with van der Waals surface area (Å²) >= 11 is 3.41. The van der Waals surface area contributed by atoms with Crippen LogP contribution in [0.2, 0.25) is 0 Å². The fraction of sp³-hybridized carbons (Fsp3) is 0.100. The number of halogens is 1. The van der Waals surface area contributed by atoms with Crippen molar-refractivity contribution in [1.82, 2.24) is 10.2 Å². The van der Waals surface area contributed by atoms with Crippen LogP contribution in [0.5, 0.6) is 5.75 Å². The molecular weight excluding hydrogens is 244 g/mol. The van der Waals surface area contributed by atoms with Gasteiger partial charge in [-0.3, -0.25) is 5.10 Å². The summed E-state index contributed by atoms with van der Waals surface area (Å²) in [4.78, 5) is 0. The van der Waals surface area contributed by atoms with E-state index in [4.69, 9.17) is 4.74 Å². The lowest BCUT2D eigenvalue weighted by atomic mass is 10.1. The van der Waals surface area contributed by atoms with Gasteiger partial charge in [0, 0.05) is 11.8 Å². The minimum Gasteiger partial charge on any atom is -0.497 e. The van der Waals surface area contributed by atoms with E-state index in [-0.39, 0.29) is 0 Å². The lowest BCUT2D eigenvalue weighted by Gasteiger charge is -2.01. The van der Waals surface area contributed by atoms with E-state index in [1.54, 1.807) is 13.3 Å². The highest BCUT2D eigenvalue weighted by Gasteiger charge is 2.05. The Labute approximate surface area is 90.2 Å². The second-order valence-corrected chi connectivity index (χ2v) is 3.67. The van der Waals surface area contributed by atoms with E-state index in [1.807, 2.05) is 24.3 Å². The van der Waals surface area contributed by atoms with Gasteiger partial charge in [0.1, 0.15) is 11.4 Å². The third-order valence-electron chi connectivity index (χ3n) is 1.94. The summed E-state index contributed by atoms with van der Waals surface area (Å²) in [7, 11) is 1.65. The lowest BCUT2D eigenvalue weighted by Crippen LogP contribution is -1.84. The quantitative estimate of drug-likeness (QED) is 0.893. The number of hydrogen-bond acceptors (Lipinski definition) is 2. The smallest absolute Gasteiger partial charge is 0.119 e. The maximum Gasteiger partial charge on any atom is 0.119 e. The van der Waals surface area contributed by atoms with Gasteiger partial charge in [-0.25, -0.2) is 0 Å². The van der Waals surface area contributed by atoms with Gasteiger partial charge in [0.15, 0.2) is 0 Å². The monoisotopic (exact) mass is 252 g/mol. The Balaban J connectivity index is 2.47. The third-order valence-corrected chi connectivity index (χ3v) is 2.54. The van der Waals surface area contributed by atoms with E-state index in [0.717, 1.165) is 21.5 Å². The van der Waals surface area contributed by atoms with E-state index in [9.17, 15) is 0 Å². The number of benzene rings is 1. The highest BCUT2D eigenvalue weighted by Crippen LogP contribution is 2.27. The summed E-state index contributed by atoms with van der Waals surface area (Å²) < 4.78 is 6.09. The van der Waals surface area contributed by atoms with Gasteiger partial charge in [-0.1, -0.05) is 12.1 Å². The molecule has 1 aromatic heterocycles. The summed E-state index contributed by atoms with van der Waals surface area (Å²) in [5.74, 6) is 0.831. The fourth-order valence-electron chi connectivity index (χ4n) is 1.25. The molecule has 2 aromatic rings. The molecule has 0 unspecified atom stereocenters. The predicted molar refractivity (Wildman–Crippen MR) is 58.3 cm³/mol. The highest BCUT2D eigenvalue weighted by molar-refractivity contribution is 9.10. The molecule has 0 atom stereocenters. The van der Waals surface area contributed by atoms with E-state index >= 15 is 0 Å². The van der Waals surface area contributed by atoms with E-state index < -0.39 is 0 Å². The van der Waals surface area contributed by atoms with Crippen molar-refractivity contribution in [3.05, 3.63) is 34.9 Å². The van der Waals surface area contributed by atoms with Crippen LogP contribution in [-0.4, -0.2) is 17.3 Å². The van der Waals surface area contributed by atoms with Crippen molar-refractivity contribution in [3.8, 4) is 17.0 Å². The maximum atomic E-state index is 5.14. The summed E-state index contributed by atoms with van der Waals surface area (Å²) in [5, 5.41) is 6.93. The topological polar surface area (TPSA) is 37.9 Å². The zero-order chi connectivity index (χ0) is 9.97. The van der Waals surface area contributed by atoms with Gasteiger partial charge >= 0.3 is 0 Å². The van der Waals surface area contributed by atoms with Gasteiger partial charge < -0.3 is 4.74 Å². The van der Waals surface area contributed by atoms with Crippen molar-refractivity contribution in [1.29, 1.82) is 0 Å². The Morgan fingerprint density at radius 1 is 1.43 bits per heavy atom. The first-order valence-electron chi connectivity index (χ1n) is 4.15. The predicted octanol–water partition coefficient (Wildman–Crippen LogP) is 2.85. The van der Waals surface area contributed by atoms with Crippen LogP contribution in [-0.2, 0) is 0 Å². The molecule has 1 N–H and O–H groups in total. The Morgan fingerprint density at radius 3 is 2.93 bits per heavy atom. The molecule has 14 heavy (non-hydrogen) atoms. The van der Waals surface area contributed by atoms with Gasteiger partial charge in [0.2, 0.25) is 0 Å². The van der Waals surface area contributed by atoms with Crippen molar-refractivity contribution >= 4 is 15.9 Å². The zero-order valence-corrected chi connectivity index (χ0v) is 9.21. The molecule has 3 nitrogen and oxygen atoms in total. The number of rotatable bonds is 2. The minimum atomic E-state index is 0.831. The first kappa shape index (κ1) is 9.27. The number of aromatic amines is 1. The molecule has 0 saturated heterocycles. The molecule has 1 heterocycles. The van der Waals surface area contributed by atoms with Crippen LogP contribution in [0.15, 0.2) is 34.9 Å². The van der Waals surface area contributed by atoms with Crippen molar-refractivity contribution in [3.63, 3.8) is 0 Å². The molecular formula is C10H9BrN2O. The Kier molecular flexibility index (Phi) is 2.54. The molecule has 0 fully saturated rings. The first-order valence-corrected chi connectivity index (χ1v) is 4.94. The Morgan fingerprint density at radius 2 is 2.29 bits per heavy atom. The van der Waals surface area contributed by atoms with Gasteiger partial charge in [-0.15, -0.1) is 0 Å². The average molecular weight is 253 g/mol. The van der Waals surface area contributed by atoms with Gasteiger partial charge in [0.25, 0.3) is 0 Å². The van der Waals surface area contributed by atoms with E-state index in [0.29, 0.717) is 0 Å². The lowest BCUT2D eigenvalue weighted by molar-refractivity contribution is 0.415. The van der Waals surface area contributed by atoms with Crippen molar-refractivity contribution < 1.29 is 4.74 Å². The second kappa shape index (κ2) is 3.84. The molecule has 0 bridgehead atoms. The molecule has 72 valence electrons. The van der Waals surface area contributed by atoms with Crippen LogP contribution in [0.3, 0.4) is 0 Å². The SMILES string of the molecule is COc1cccc(-c2n[nH]cc2Br)c1. The van der Waals surface area contributed by atoms with Crippen LogP contribution in [0.1, 0.15) is 0 Å². The van der Waals surface area contributed by atoms with Gasteiger partial charge in [-0.2, -0.15) is 5.10 Å². The van der Waals surface area contributed by atoms with E-state index in [2.05, 4.69) is 26.1 Å². The zero-order valence-electron chi connectivity index (χ0n) is 7.62. The summed E-state index contributed by atoms with van der Waals surface area (Å²) in [6.07, 6.45) is 1.80. The number of methoxy groups -OCH3 is 1. The van der Waals surface area contributed by atoms with Crippen LogP contribution in [0.4, 0.5) is 0 Å². The highest BCUT2D eigenvalue weighted by atomic mass is 79.9. The van der Waals surface area contributed by atoms with Crippen LogP contribution in [0.25, 0.3) is 11.3 Å². The molecule has 0 aliphatic rings. The molecule has 4 heteroatoms. The third kappa shape index (κ3) is 1.65. The standard InChI is InChI=1S/C10H9BrN2O/c1-14-8-4-2-3-7(5-8)10-9(11)6-12-13-10/h2-6H,1H3,(H,12,13). The molecule has 0 radical (unpaired) electrons.